The highest BCUT2D eigenvalue weighted by atomic mass is 16.6. The van der Waals surface area contributed by atoms with Gasteiger partial charge in [0.25, 0.3) is 0 Å². The number of rotatable bonds is 9. The molecule has 0 unspecified atom stereocenters. The second-order valence-corrected chi connectivity index (χ2v) is 17.0. The van der Waals surface area contributed by atoms with Gasteiger partial charge in [-0.2, -0.15) is 0 Å². The van der Waals surface area contributed by atoms with Crippen molar-refractivity contribution in [2.75, 3.05) is 55.1 Å². The van der Waals surface area contributed by atoms with Gasteiger partial charge in [0.15, 0.2) is 0 Å². The van der Waals surface area contributed by atoms with E-state index in [-0.39, 0.29) is 13.2 Å². The zero-order valence-electron chi connectivity index (χ0n) is 35.5. The maximum absolute atomic E-state index is 15.7. The molecule has 4 aliphatic heterocycles. The summed E-state index contributed by atoms with van der Waals surface area (Å²) >= 11 is 0. The molecule has 11 heteroatoms. The van der Waals surface area contributed by atoms with Gasteiger partial charge in [0, 0.05) is 41.3 Å². The van der Waals surface area contributed by atoms with Crippen LogP contribution < -0.4 is 20.3 Å². The number of aliphatic hydroxyl groups is 1. The summed E-state index contributed by atoms with van der Waals surface area (Å²) in [5, 5.41) is 16.4. The van der Waals surface area contributed by atoms with Crippen molar-refractivity contribution < 1.29 is 33.7 Å². The molecular weight excluding hydrogens is 805 g/mol. The van der Waals surface area contributed by atoms with Gasteiger partial charge in [-0.3, -0.25) is 19.3 Å². The summed E-state index contributed by atoms with van der Waals surface area (Å²) in [6.45, 7) is 2.52. The van der Waals surface area contributed by atoms with Crippen LogP contribution >= 0.6 is 0 Å². The lowest BCUT2D eigenvalue weighted by molar-refractivity contribution is -0.177. The summed E-state index contributed by atoms with van der Waals surface area (Å²) in [4.78, 5) is 51.0. The molecule has 1 spiro atoms. The van der Waals surface area contributed by atoms with Crippen LogP contribution in [-0.4, -0.2) is 73.3 Å². The number of nitrogens with one attached hydrogen (secondary N) is 2. The SMILES string of the molecule is O=C1O[C@@H](c2ccccc2)[C@@H](c2ccccc2)N2[C@@H](c3ccccc3OCCO)[C@]3(C(=O)Nc4ccc(C#CC5=CCCCC5)cc43)[C@@H](C(=O)Nc3ccc(N4CCOCC4)cc3)[C@H]12. The van der Waals surface area contributed by atoms with Crippen molar-refractivity contribution >= 4 is 34.8 Å². The van der Waals surface area contributed by atoms with E-state index < -0.39 is 53.3 Å². The number of allylic oxidation sites excluding steroid dienone is 2. The predicted octanol–water partition coefficient (Wildman–Crippen LogP) is 7.66. The first-order chi connectivity index (χ1) is 31.4. The molecule has 1 aliphatic carbocycles. The molecule has 11 nitrogen and oxygen atoms in total. The third-order valence-corrected chi connectivity index (χ3v) is 13.3. The molecule has 0 radical (unpaired) electrons. The van der Waals surface area contributed by atoms with Crippen LogP contribution in [0, 0.1) is 17.8 Å². The fourth-order valence-corrected chi connectivity index (χ4v) is 10.5. The van der Waals surface area contributed by atoms with Crippen LogP contribution in [0.25, 0.3) is 0 Å². The summed E-state index contributed by atoms with van der Waals surface area (Å²) in [6, 6.07) is 37.2. The zero-order valence-corrected chi connectivity index (χ0v) is 35.5. The zero-order chi connectivity index (χ0) is 43.6. The maximum Gasteiger partial charge on any atom is 0.324 e. The molecule has 4 heterocycles. The summed E-state index contributed by atoms with van der Waals surface area (Å²) in [7, 11) is 0. The van der Waals surface area contributed by atoms with E-state index in [1.54, 1.807) is 6.07 Å². The Balaban J connectivity index is 1.20. The topological polar surface area (TPSA) is 130 Å². The van der Waals surface area contributed by atoms with Crippen molar-refractivity contribution in [2.45, 2.75) is 55.3 Å². The lowest BCUT2D eigenvalue weighted by atomic mass is 9.65. The van der Waals surface area contributed by atoms with Gasteiger partial charge in [-0.1, -0.05) is 96.8 Å². The number of nitrogens with zero attached hydrogens (tertiary/aromatic N) is 2. The highest BCUT2D eigenvalue weighted by Gasteiger charge is 2.74. The molecule has 64 heavy (non-hydrogen) atoms. The number of hydrogen-bond donors (Lipinski definition) is 3. The molecule has 5 aromatic rings. The highest BCUT2D eigenvalue weighted by Crippen LogP contribution is 2.65. The van der Waals surface area contributed by atoms with Crippen molar-refractivity contribution in [3.05, 3.63) is 167 Å². The monoisotopic (exact) mass is 854 g/mol. The number of benzene rings is 5. The van der Waals surface area contributed by atoms with Gasteiger partial charge in [0.05, 0.1) is 37.8 Å². The number of fused-ring (bicyclic) bond motifs is 3. The molecule has 0 bridgehead atoms. The summed E-state index contributed by atoms with van der Waals surface area (Å²) in [5.41, 5.74) is 4.80. The quantitative estimate of drug-likeness (QED) is 0.101. The van der Waals surface area contributed by atoms with E-state index in [1.807, 2.05) is 126 Å². The Morgan fingerprint density at radius 2 is 1.58 bits per heavy atom. The van der Waals surface area contributed by atoms with Crippen molar-refractivity contribution in [2.24, 2.45) is 5.92 Å². The van der Waals surface area contributed by atoms with Crippen LogP contribution in [0.1, 0.15) is 71.7 Å². The molecule has 5 aliphatic rings. The molecule has 3 fully saturated rings. The number of hydrogen-bond acceptors (Lipinski definition) is 9. The average molecular weight is 855 g/mol. The van der Waals surface area contributed by atoms with Gasteiger partial charge in [0.1, 0.15) is 29.9 Å². The fourth-order valence-electron chi connectivity index (χ4n) is 10.5. The van der Waals surface area contributed by atoms with E-state index in [2.05, 4.69) is 33.5 Å². The Morgan fingerprint density at radius 3 is 2.31 bits per heavy atom. The van der Waals surface area contributed by atoms with Crippen LogP contribution in [0.15, 0.2) is 139 Å². The van der Waals surface area contributed by atoms with Gasteiger partial charge >= 0.3 is 5.97 Å². The molecule has 6 atom stereocenters. The van der Waals surface area contributed by atoms with E-state index in [0.29, 0.717) is 47.0 Å². The molecule has 0 aromatic heterocycles. The molecule has 3 N–H and O–H groups in total. The largest absolute Gasteiger partial charge is 0.491 e. The molecule has 5 aromatic carbocycles. The number of cyclic esters (lactones) is 1. The summed E-state index contributed by atoms with van der Waals surface area (Å²) in [6.07, 6.45) is 5.49. The fraction of sp³-hybridized carbons (Fsp3) is 0.302. The third-order valence-electron chi connectivity index (χ3n) is 13.3. The van der Waals surface area contributed by atoms with E-state index in [0.717, 1.165) is 61.2 Å². The van der Waals surface area contributed by atoms with Crippen molar-refractivity contribution in [3.63, 3.8) is 0 Å². The van der Waals surface area contributed by atoms with Crippen LogP contribution in [0.2, 0.25) is 0 Å². The minimum Gasteiger partial charge on any atom is -0.491 e. The van der Waals surface area contributed by atoms with Gasteiger partial charge in [-0.15, -0.1) is 0 Å². The Kier molecular flexibility index (Phi) is 11.5. The maximum atomic E-state index is 15.7. The molecular formula is C53H50N4O7. The van der Waals surface area contributed by atoms with Crippen molar-refractivity contribution in [1.29, 1.82) is 0 Å². The molecule has 10 rings (SSSR count). The standard InChI is InChI=1S/C53H50N4O7/c58-30-33-63-44-19-11-10-18-41(44)49-53(42-34-36(22-27-43(42)55-52(53)61)21-20-35-12-4-1-5-13-35)45(50(59)54-39-23-25-40(26-24-39)56-28-31-62-32-29-56)47-51(60)64-48(38-16-8-3-9-17-38)46(57(47)49)37-14-6-2-7-15-37/h2-3,6-12,14-19,22-27,34,45-49,58H,1,4-5,13,28-33H2,(H,54,59)(H,55,61)/t45-,46-,47-,48+,49+,53-/m1/s1. The van der Waals surface area contributed by atoms with Crippen LogP contribution in [0.4, 0.5) is 17.1 Å². The van der Waals surface area contributed by atoms with Gasteiger partial charge in [0.2, 0.25) is 11.8 Å². The second-order valence-electron chi connectivity index (χ2n) is 17.0. The number of aliphatic hydroxyl groups excluding tert-OH is 1. The molecule has 0 saturated carbocycles. The van der Waals surface area contributed by atoms with E-state index >= 15 is 14.4 Å². The Labute approximate surface area is 373 Å². The Hall–Kier alpha value is -6.71. The Morgan fingerprint density at radius 1 is 0.844 bits per heavy atom. The Bertz CT molecular complexity index is 2640. The lowest BCUT2D eigenvalue weighted by Gasteiger charge is -2.46. The smallest absolute Gasteiger partial charge is 0.324 e. The number of carbonyl (C=O) groups excluding carboxylic acids is 3. The number of para-hydroxylation sites is 1. The predicted molar refractivity (Wildman–Crippen MR) is 244 cm³/mol. The van der Waals surface area contributed by atoms with Gasteiger partial charge < -0.3 is 34.9 Å². The number of anilines is 3. The van der Waals surface area contributed by atoms with Gasteiger partial charge in [-0.05, 0) is 96.5 Å². The summed E-state index contributed by atoms with van der Waals surface area (Å²) in [5.74, 6) is 4.29. The number of morpholine rings is 2. The number of carbonyl (C=O) groups is 3. The van der Waals surface area contributed by atoms with Gasteiger partial charge in [-0.25, -0.2) is 0 Å². The first-order valence-electron chi connectivity index (χ1n) is 22.3. The number of amides is 2. The van der Waals surface area contributed by atoms with Crippen LogP contribution in [0.5, 0.6) is 5.75 Å². The molecule has 2 amide bonds. The lowest BCUT2D eigenvalue weighted by Crippen LogP contribution is -2.53. The van der Waals surface area contributed by atoms with E-state index in [9.17, 15) is 5.11 Å². The second kappa shape index (κ2) is 17.8. The van der Waals surface area contributed by atoms with E-state index in [4.69, 9.17) is 14.2 Å². The number of esters is 1. The summed E-state index contributed by atoms with van der Waals surface area (Å²) < 4.78 is 18.5. The normalized spacial score (nSPS) is 25.0. The minimum absolute atomic E-state index is 0.0142. The molecule has 324 valence electrons. The van der Waals surface area contributed by atoms with Crippen molar-refractivity contribution in [1.82, 2.24) is 4.90 Å². The highest BCUT2D eigenvalue weighted by molar-refractivity contribution is 6.13. The minimum atomic E-state index is -1.74. The van der Waals surface area contributed by atoms with Crippen LogP contribution in [-0.2, 0) is 29.3 Å². The van der Waals surface area contributed by atoms with E-state index in [1.165, 1.54) is 0 Å². The third kappa shape index (κ3) is 7.41. The molecule has 3 saturated heterocycles. The van der Waals surface area contributed by atoms with Crippen molar-refractivity contribution in [3.8, 4) is 17.6 Å². The van der Waals surface area contributed by atoms with Crippen LogP contribution in [0.3, 0.4) is 0 Å². The number of ether oxygens (including phenoxy) is 3. The average Bonchev–Trinajstić information content (AvgIpc) is 3.82. The first-order valence-corrected chi connectivity index (χ1v) is 22.3. The first kappa shape index (κ1) is 41.3.